The Morgan fingerprint density at radius 1 is 1.12 bits per heavy atom. The van der Waals surface area contributed by atoms with Gasteiger partial charge in [0.05, 0.1) is 23.1 Å². The number of halogens is 1. The number of benzene rings is 2. The molecule has 2 aromatic carbocycles. The van der Waals surface area contributed by atoms with E-state index in [-0.39, 0.29) is 5.91 Å². The minimum atomic E-state index is -0.108. The van der Waals surface area contributed by atoms with Crippen molar-refractivity contribution in [3.63, 3.8) is 0 Å². The van der Waals surface area contributed by atoms with Crippen LogP contribution < -0.4 is 5.32 Å². The fourth-order valence-electron chi connectivity index (χ4n) is 2.54. The standard InChI is InChI=1S/C19H18ClN3O/c1-14-18(13-22-23(14)17-9-7-16(20)8-10-17)19(24)21-12-11-15-5-3-2-4-6-15/h2-10,13H,11-12H2,1H3,(H,21,24). The van der Waals surface area contributed by atoms with Gasteiger partial charge < -0.3 is 5.32 Å². The molecule has 122 valence electrons. The van der Waals surface area contributed by atoms with E-state index in [0.717, 1.165) is 17.8 Å². The zero-order valence-corrected chi connectivity index (χ0v) is 14.1. The summed E-state index contributed by atoms with van der Waals surface area (Å²) in [6.07, 6.45) is 2.40. The van der Waals surface area contributed by atoms with Crippen LogP contribution in [0.3, 0.4) is 0 Å². The lowest BCUT2D eigenvalue weighted by atomic mass is 10.1. The van der Waals surface area contributed by atoms with Gasteiger partial charge in [-0.2, -0.15) is 5.10 Å². The van der Waals surface area contributed by atoms with E-state index < -0.39 is 0 Å². The molecule has 0 spiro atoms. The van der Waals surface area contributed by atoms with Crippen molar-refractivity contribution in [2.75, 3.05) is 6.54 Å². The second-order valence-electron chi connectivity index (χ2n) is 5.52. The van der Waals surface area contributed by atoms with Gasteiger partial charge in [0.25, 0.3) is 5.91 Å². The van der Waals surface area contributed by atoms with Crippen LogP contribution in [0.25, 0.3) is 5.69 Å². The first kappa shape index (κ1) is 16.3. The van der Waals surface area contributed by atoms with Crippen molar-refractivity contribution < 1.29 is 4.79 Å². The van der Waals surface area contributed by atoms with Crippen LogP contribution in [0.15, 0.2) is 60.8 Å². The van der Waals surface area contributed by atoms with Gasteiger partial charge in [-0.3, -0.25) is 4.79 Å². The molecule has 0 bridgehead atoms. The number of carbonyl (C=O) groups is 1. The Balaban J connectivity index is 1.66. The van der Waals surface area contributed by atoms with Crippen molar-refractivity contribution in [3.05, 3.63) is 82.6 Å². The van der Waals surface area contributed by atoms with Crippen LogP contribution in [0.4, 0.5) is 0 Å². The number of hydrogen-bond acceptors (Lipinski definition) is 2. The largest absolute Gasteiger partial charge is 0.352 e. The molecule has 4 nitrogen and oxygen atoms in total. The van der Waals surface area contributed by atoms with Crippen molar-refractivity contribution in [1.29, 1.82) is 0 Å². The van der Waals surface area contributed by atoms with Crippen molar-refractivity contribution in [2.45, 2.75) is 13.3 Å². The molecule has 0 saturated heterocycles. The number of nitrogens with one attached hydrogen (secondary N) is 1. The van der Waals surface area contributed by atoms with Gasteiger partial charge in [0.15, 0.2) is 0 Å². The summed E-state index contributed by atoms with van der Waals surface area (Å²) in [5.74, 6) is -0.108. The molecule has 0 radical (unpaired) electrons. The van der Waals surface area contributed by atoms with Gasteiger partial charge >= 0.3 is 0 Å². The molecule has 0 fully saturated rings. The second kappa shape index (κ2) is 7.32. The van der Waals surface area contributed by atoms with Gasteiger partial charge in [0.1, 0.15) is 0 Å². The summed E-state index contributed by atoms with van der Waals surface area (Å²) in [5, 5.41) is 7.93. The summed E-state index contributed by atoms with van der Waals surface area (Å²) in [7, 11) is 0. The Morgan fingerprint density at radius 2 is 1.83 bits per heavy atom. The fraction of sp³-hybridized carbons (Fsp3) is 0.158. The highest BCUT2D eigenvalue weighted by Gasteiger charge is 2.14. The second-order valence-corrected chi connectivity index (χ2v) is 5.96. The summed E-state index contributed by atoms with van der Waals surface area (Å²) in [6, 6.07) is 17.4. The van der Waals surface area contributed by atoms with Crippen LogP contribution in [-0.2, 0) is 6.42 Å². The lowest BCUT2D eigenvalue weighted by molar-refractivity contribution is 0.0953. The minimum Gasteiger partial charge on any atom is -0.352 e. The molecule has 0 aliphatic heterocycles. The maximum absolute atomic E-state index is 12.4. The first-order chi connectivity index (χ1) is 11.6. The van der Waals surface area contributed by atoms with E-state index in [1.807, 2.05) is 37.3 Å². The van der Waals surface area contributed by atoms with Crippen LogP contribution in [-0.4, -0.2) is 22.2 Å². The smallest absolute Gasteiger partial charge is 0.254 e. The Labute approximate surface area is 146 Å². The average molecular weight is 340 g/mol. The highest BCUT2D eigenvalue weighted by atomic mass is 35.5. The number of hydrogen-bond donors (Lipinski definition) is 1. The molecule has 1 N–H and O–H groups in total. The highest BCUT2D eigenvalue weighted by molar-refractivity contribution is 6.30. The van der Waals surface area contributed by atoms with Crippen molar-refractivity contribution in [1.82, 2.24) is 15.1 Å². The van der Waals surface area contributed by atoms with Gasteiger partial charge in [-0.05, 0) is 43.2 Å². The molecule has 1 heterocycles. The summed E-state index contributed by atoms with van der Waals surface area (Å²) in [4.78, 5) is 12.4. The van der Waals surface area contributed by atoms with E-state index in [1.165, 1.54) is 5.56 Å². The molecule has 0 atom stereocenters. The minimum absolute atomic E-state index is 0.108. The molecule has 0 saturated carbocycles. The van der Waals surface area contributed by atoms with Gasteiger partial charge in [-0.25, -0.2) is 4.68 Å². The van der Waals surface area contributed by atoms with E-state index in [4.69, 9.17) is 11.6 Å². The maximum Gasteiger partial charge on any atom is 0.254 e. The molecule has 0 unspecified atom stereocenters. The first-order valence-electron chi connectivity index (χ1n) is 7.78. The van der Waals surface area contributed by atoms with Gasteiger partial charge in [0, 0.05) is 11.6 Å². The molecule has 24 heavy (non-hydrogen) atoms. The van der Waals surface area contributed by atoms with E-state index >= 15 is 0 Å². The Hall–Kier alpha value is -2.59. The molecular formula is C19H18ClN3O. The normalized spacial score (nSPS) is 10.6. The summed E-state index contributed by atoms with van der Waals surface area (Å²) < 4.78 is 1.74. The Bertz CT molecular complexity index is 826. The zero-order chi connectivity index (χ0) is 16.9. The topological polar surface area (TPSA) is 46.9 Å². The number of amides is 1. The van der Waals surface area contributed by atoms with Crippen LogP contribution >= 0.6 is 11.6 Å². The molecule has 3 rings (SSSR count). The quantitative estimate of drug-likeness (QED) is 0.768. The predicted molar refractivity (Wildman–Crippen MR) is 95.8 cm³/mol. The number of rotatable bonds is 5. The fourth-order valence-corrected chi connectivity index (χ4v) is 2.66. The first-order valence-corrected chi connectivity index (χ1v) is 8.15. The number of nitrogens with zero attached hydrogens (tertiary/aromatic N) is 2. The zero-order valence-electron chi connectivity index (χ0n) is 13.4. The molecular weight excluding hydrogens is 322 g/mol. The Kier molecular flexibility index (Phi) is 4.96. The van der Waals surface area contributed by atoms with Crippen LogP contribution in [0.5, 0.6) is 0 Å². The monoisotopic (exact) mass is 339 g/mol. The van der Waals surface area contributed by atoms with Gasteiger partial charge in [-0.15, -0.1) is 0 Å². The van der Waals surface area contributed by atoms with E-state index in [9.17, 15) is 4.79 Å². The summed E-state index contributed by atoms with van der Waals surface area (Å²) in [6.45, 7) is 2.47. The van der Waals surface area contributed by atoms with E-state index in [2.05, 4.69) is 22.5 Å². The van der Waals surface area contributed by atoms with E-state index in [1.54, 1.807) is 23.0 Å². The van der Waals surface area contributed by atoms with Crippen molar-refractivity contribution in [3.8, 4) is 5.69 Å². The summed E-state index contributed by atoms with van der Waals surface area (Å²) in [5.41, 5.74) is 3.46. The summed E-state index contributed by atoms with van der Waals surface area (Å²) >= 11 is 5.91. The molecule has 1 amide bonds. The SMILES string of the molecule is Cc1c(C(=O)NCCc2ccccc2)cnn1-c1ccc(Cl)cc1. The molecule has 1 aromatic heterocycles. The molecule has 5 heteroatoms. The van der Waals surface area contributed by atoms with Crippen LogP contribution in [0.1, 0.15) is 21.6 Å². The third-order valence-electron chi connectivity index (χ3n) is 3.87. The van der Waals surface area contributed by atoms with Crippen molar-refractivity contribution >= 4 is 17.5 Å². The maximum atomic E-state index is 12.4. The molecule has 0 aliphatic rings. The van der Waals surface area contributed by atoms with E-state index in [0.29, 0.717) is 17.1 Å². The third-order valence-corrected chi connectivity index (χ3v) is 4.12. The highest BCUT2D eigenvalue weighted by Crippen LogP contribution is 2.16. The van der Waals surface area contributed by atoms with Crippen molar-refractivity contribution in [2.24, 2.45) is 0 Å². The lowest BCUT2D eigenvalue weighted by Gasteiger charge is -2.07. The predicted octanol–water partition coefficient (Wildman–Crippen LogP) is 3.81. The molecule has 0 aliphatic carbocycles. The average Bonchev–Trinajstić information content (AvgIpc) is 2.98. The lowest BCUT2D eigenvalue weighted by Crippen LogP contribution is -2.26. The number of aromatic nitrogens is 2. The van der Waals surface area contributed by atoms with Crippen LogP contribution in [0.2, 0.25) is 5.02 Å². The number of carbonyl (C=O) groups excluding carboxylic acids is 1. The van der Waals surface area contributed by atoms with Gasteiger partial charge in [0.2, 0.25) is 0 Å². The van der Waals surface area contributed by atoms with Gasteiger partial charge in [-0.1, -0.05) is 41.9 Å². The molecule has 3 aromatic rings. The third kappa shape index (κ3) is 3.66. The van der Waals surface area contributed by atoms with Crippen LogP contribution in [0, 0.1) is 6.92 Å². The Morgan fingerprint density at radius 3 is 2.54 bits per heavy atom.